The molecule has 0 N–H and O–H groups in total. The minimum Gasteiger partial charge on any atom is -0.493 e. The van der Waals surface area contributed by atoms with Gasteiger partial charge in [0, 0.05) is 5.56 Å². The van der Waals surface area contributed by atoms with Gasteiger partial charge in [-0.2, -0.15) is 0 Å². The van der Waals surface area contributed by atoms with Crippen LogP contribution in [0.1, 0.15) is 18.8 Å². The fourth-order valence-corrected chi connectivity index (χ4v) is 1.69. The van der Waals surface area contributed by atoms with Crippen molar-refractivity contribution in [1.82, 2.24) is 0 Å². The van der Waals surface area contributed by atoms with E-state index in [-0.39, 0.29) is 12.4 Å². The van der Waals surface area contributed by atoms with E-state index >= 15 is 0 Å². The van der Waals surface area contributed by atoms with Crippen LogP contribution in [-0.2, 0) is 9.47 Å². The Morgan fingerprint density at radius 2 is 1.94 bits per heavy atom. The SMILES string of the molecule is COc1ccc([C@@H]2OC[C@H](C)O2)cc1OC. The van der Waals surface area contributed by atoms with Crippen molar-refractivity contribution in [3.63, 3.8) is 0 Å². The molecule has 1 heterocycles. The average molecular weight is 224 g/mol. The molecule has 1 aromatic carbocycles. The average Bonchev–Trinajstić information content (AvgIpc) is 2.75. The van der Waals surface area contributed by atoms with E-state index in [9.17, 15) is 0 Å². The van der Waals surface area contributed by atoms with Gasteiger partial charge in [-0.1, -0.05) is 6.07 Å². The highest BCUT2D eigenvalue weighted by molar-refractivity contribution is 5.43. The zero-order valence-electron chi connectivity index (χ0n) is 9.73. The summed E-state index contributed by atoms with van der Waals surface area (Å²) in [6, 6.07) is 5.65. The lowest BCUT2D eigenvalue weighted by atomic mass is 10.2. The molecular formula is C12H16O4. The van der Waals surface area contributed by atoms with E-state index in [1.54, 1.807) is 14.2 Å². The summed E-state index contributed by atoms with van der Waals surface area (Å²) in [6.07, 6.45) is -0.159. The van der Waals surface area contributed by atoms with Gasteiger partial charge >= 0.3 is 0 Å². The van der Waals surface area contributed by atoms with Gasteiger partial charge in [-0.05, 0) is 19.1 Å². The second-order valence-electron chi connectivity index (χ2n) is 3.73. The number of methoxy groups -OCH3 is 2. The largest absolute Gasteiger partial charge is 0.493 e. The van der Waals surface area contributed by atoms with E-state index in [4.69, 9.17) is 18.9 Å². The Labute approximate surface area is 95.1 Å². The number of ether oxygens (including phenoxy) is 4. The van der Waals surface area contributed by atoms with Crippen LogP contribution in [0.5, 0.6) is 11.5 Å². The maximum absolute atomic E-state index is 5.60. The van der Waals surface area contributed by atoms with Crippen molar-refractivity contribution in [2.75, 3.05) is 20.8 Å². The molecule has 0 radical (unpaired) electrons. The lowest BCUT2D eigenvalue weighted by Crippen LogP contribution is -2.03. The van der Waals surface area contributed by atoms with E-state index in [2.05, 4.69) is 0 Å². The monoisotopic (exact) mass is 224 g/mol. The molecule has 4 heteroatoms. The topological polar surface area (TPSA) is 36.9 Å². The van der Waals surface area contributed by atoms with E-state index in [1.807, 2.05) is 25.1 Å². The highest BCUT2D eigenvalue weighted by atomic mass is 16.7. The third-order valence-electron chi connectivity index (χ3n) is 2.52. The Bertz CT molecular complexity index is 364. The normalized spacial score (nSPS) is 24.4. The van der Waals surface area contributed by atoms with E-state index in [1.165, 1.54) is 0 Å². The number of rotatable bonds is 3. The zero-order chi connectivity index (χ0) is 11.5. The Balaban J connectivity index is 2.22. The molecule has 0 aromatic heterocycles. The minimum absolute atomic E-state index is 0.137. The third kappa shape index (κ3) is 2.13. The lowest BCUT2D eigenvalue weighted by Gasteiger charge is -2.13. The van der Waals surface area contributed by atoms with Crippen LogP contribution < -0.4 is 9.47 Å². The molecule has 88 valence electrons. The Hall–Kier alpha value is -1.26. The third-order valence-corrected chi connectivity index (χ3v) is 2.52. The molecule has 0 bridgehead atoms. The van der Waals surface area contributed by atoms with E-state index < -0.39 is 0 Å². The summed E-state index contributed by atoms with van der Waals surface area (Å²) in [5, 5.41) is 0. The van der Waals surface area contributed by atoms with Crippen molar-refractivity contribution >= 4 is 0 Å². The zero-order valence-corrected chi connectivity index (χ0v) is 9.73. The number of hydrogen-bond donors (Lipinski definition) is 0. The number of hydrogen-bond acceptors (Lipinski definition) is 4. The second-order valence-corrected chi connectivity index (χ2v) is 3.73. The van der Waals surface area contributed by atoms with Gasteiger partial charge in [0.1, 0.15) is 0 Å². The predicted molar refractivity (Wildman–Crippen MR) is 58.8 cm³/mol. The maximum atomic E-state index is 5.60. The van der Waals surface area contributed by atoms with Crippen LogP contribution >= 0.6 is 0 Å². The first-order chi connectivity index (χ1) is 7.74. The summed E-state index contributed by atoms with van der Waals surface area (Å²) in [5.41, 5.74) is 0.946. The molecule has 16 heavy (non-hydrogen) atoms. The summed E-state index contributed by atoms with van der Waals surface area (Å²) >= 11 is 0. The van der Waals surface area contributed by atoms with Gasteiger partial charge in [0.15, 0.2) is 17.8 Å². The lowest BCUT2D eigenvalue weighted by molar-refractivity contribution is -0.0573. The quantitative estimate of drug-likeness (QED) is 0.788. The molecule has 1 aromatic rings. The van der Waals surface area contributed by atoms with Crippen molar-refractivity contribution in [1.29, 1.82) is 0 Å². The van der Waals surface area contributed by atoms with Crippen LogP contribution in [0.4, 0.5) is 0 Å². The molecule has 2 atom stereocenters. The van der Waals surface area contributed by atoms with Gasteiger partial charge in [-0.3, -0.25) is 0 Å². The first-order valence-electron chi connectivity index (χ1n) is 5.23. The Kier molecular flexibility index (Phi) is 3.31. The van der Waals surface area contributed by atoms with Crippen LogP contribution in [0.15, 0.2) is 18.2 Å². The van der Waals surface area contributed by atoms with Crippen molar-refractivity contribution in [2.24, 2.45) is 0 Å². The van der Waals surface area contributed by atoms with Gasteiger partial charge in [0.25, 0.3) is 0 Å². The maximum Gasteiger partial charge on any atom is 0.184 e. The summed E-state index contributed by atoms with van der Waals surface area (Å²) < 4.78 is 21.5. The highest BCUT2D eigenvalue weighted by Gasteiger charge is 2.24. The number of benzene rings is 1. The van der Waals surface area contributed by atoms with Gasteiger partial charge in [0.05, 0.1) is 26.9 Å². The molecule has 1 aliphatic heterocycles. The smallest absolute Gasteiger partial charge is 0.184 e. The highest BCUT2D eigenvalue weighted by Crippen LogP contribution is 2.33. The molecule has 4 nitrogen and oxygen atoms in total. The van der Waals surface area contributed by atoms with Crippen molar-refractivity contribution < 1.29 is 18.9 Å². The Morgan fingerprint density at radius 1 is 1.19 bits per heavy atom. The van der Waals surface area contributed by atoms with Gasteiger partial charge < -0.3 is 18.9 Å². The van der Waals surface area contributed by atoms with Gasteiger partial charge in [0.2, 0.25) is 0 Å². The summed E-state index contributed by atoms with van der Waals surface area (Å²) in [6.45, 7) is 2.61. The Morgan fingerprint density at radius 3 is 2.50 bits per heavy atom. The second kappa shape index (κ2) is 4.72. The van der Waals surface area contributed by atoms with Crippen molar-refractivity contribution in [2.45, 2.75) is 19.3 Å². The minimum atomic E-state index is -0.296. The summed E-state index contributed by atoms with van der Waals surface area (Å²) in [7, 11) is 3.22. The van der Waals surface area contributed by atoms with Crippen LogP contribution in [0.3, 0.4) is 0 Å². The van der Waals surface area contributed by atoms with Gasteiger partial charge in [-0.15, -0.1) is 0 Å². The fraction of sp³-hybridized carbons (Fsp3) is 0.500. The summed E-state index contributed by atoms with van der Waals surface area (Å²) in [5.74, 6) is 1.39. The first-order valence-corrected chi connectivity index (χ1v) is 5.23. The molecule has 0 spiro atoms. The van der Waals surface area contributed by atoms with Crippen LogP contribution in [-0.4, -0.2) is 26.9 Å². The standard InChI is InChI=1S/C12H16O4/c1-8-7-15-12(16-8)9-4-5-10(13-2)11(6-9)14-3/h4-6,8,12H,7H2,1-3H3/t8-,12+/m0/s1. The molecule has 0 unspecified atom stereocenters. The molecule has 1 saturated heterocycles. The van der Waals surface area contributed by atoms with Crippen LogP contribution in [0, 0.1) is 0 Å². The molecule has 0 amide bonds. The van der Waals surface area contributed by atoms with Crippen molar-refractivity contribution in [3.8, 4) is 11.5 Å². The van der Waals surface area contributed by atoms with Crippen molar-refractivity contribution in [3.05, 3.63) is 23.8 Å². The molecule has 1 aliphatic rings. The molecule has 2 rings (SSSR count). The fourth-order valence-electron chi connectivity index (χ4n) is 1.69. The molecule has 0 saturated carbocycles. The summed E-state index contributed by atoms with van der Waals surface area (Å²) in [4.78, 5) is 0. The van der Waals surface area contributed by atoms with Gasteiger partial charge in [-0.25, -0.2) is 0 Å². The van der Waals surface area contributed by atoms with Crippen LogP contribution in [0.25, 0.3) is 0 Å². The first kappa shape index (κ1) is 11.2. The van der Waals surface area contributed by atoms with E-state index in [0.717, 1.165) is 5.56 Å². The molecule has 0 aliphatic carbocycles. The van der Waals surface area contributed by atoms with E-state index in [0.29, 0.717) is 18.1 Å². The molecule has 1 fully saturated rings. The van der Waals surface area contributed by atoms with Crippen LogP contribution in [0.2, 0.25) is 0 Å². The predicted octanol–water partition coefficient (Wildman–Crippen LogP) is 2.14. The molecular weight excluding hydrogens is 208 g/mol.